The normalized spacial score (nSPS) is 25.2. The van der Waals surface area contributed by atoms with Gasteiger partial charge in [0.1, 0.15) is 5.76 Å². The lowest BCUT2D eigenvalue weighted by Gasteiger charge is -2.33. The Morgan fingerprint density at radius 3 is 2.62 bits per heavy atom. The molecule has 2 bridgehead atoms. The van der Waals surface area contributed by atoms with Crippen LogP contribution in [0.1, 0.15) is 94.1 Å². The van der Waals surface area contributed by atoms with Crippen LogP contribution in [-0.2, 0) is 16.6 Å². The molecule has 1 fully saturated rings. The number of hydrogen-bond acceptors (Lipinski definition) is 4. The SMILES string of the molecule is CC(C)c1ccc(Cl)c(C(C)C)c1NC(=O)NS(=O)c1cc2c(o1)C1CCC(C1)C2(C)O. The van der Waals surface area contributed by atoms with Crippen molar-refractivity contribution in [1.29, 1.82) is 0 Å². The number of amides is 2. The number of fused-ring (bicyclic) bond motifs is 4. The van der Waals surface area contributed by atoms with Gasteiger partial charge in [-0.2, -0.15) is 0 Å². The van der Waals surface area contributed by atoms with Gasteiger partial charge < -0.3 is 14.8 Å². The number of aliphatic hydroxyl groups is 1. The molecule has 1 aromatic heterocycles. The zero-order chi connectivity index (χ0) is 23.4. The average Bonchev–Trinajstić information content (AvgIpc) is 3.33. The molecule has 4 rings (SSSR count). The summed E-state index contributed by atoms with van der Waals surface area (Å²) >= 11 is 6.43. The molecule has 2 aliphatic rings. The molecule has 4 unspecified atom stereocenters. The molecule has 32 heavy (non-hydrogen) atoms. The lowest BCUT2D eigenvalue weighted by molar-refractivity contribution is -0.0115. The molecule has 1 aromatic carbocycles. The largest absolute Gasteiger partial charge is 0.450 e. The fourth-order valence-corrected chi connectivity index (χ4v) is 6.28. The summed E-state index contributed by atoms with van der Waals surface area (Å²) in [6.45, 7) is 9.91. The zero-order valence-electron chi connectivity index (χ0n) is 19.1. The molecule has 1 saturated carbocycles. The summed E-state index contributed by atoms with van der Waals surface area (Å²) in [5.74, 6) is 1.38. The molecule has 0 aliphatic heterocycles. The van der Waals surface area contributed by atoms with Crippen LogP contribution < -0.4 is 10.0 Å². The second-order valence-corrected chi connectivity index (χ2v) is 11.3. The molecule has 3 N–H and O–H groups in total. The van der Waals surface area contributed by atoms with Gasteiger partial charge in [0.15, 0.2) is 11.0 Å². The number of carbonyl (C=O) groups excluding carboxylic acids is 1. The van der Waals surface area contributed by atoms with Gasteiger partial charge in [-0.1, -0.05) is 45.4 Å². The summed E-state index contributed by atoms with van der Waals surface area (Å²) in [6.07, 6.45) is 2.78. The first kappa shape index (κ1) is 23.3. The van der Waals surface area contributed by atoms with Gasteiger partial charge in [-0.15, -0.1) is 0 Å². The van der Waals surface area contributed by atoms with Crippen molar-refractivity contribution in [2.75, 3.05) is 5.32 Å². The molecule has 2 aromatic rings. The molecule has 6 nitrogen and oxygen atoms in total. The zero-order valence-corrected chi connectivity index (χ0v) is 20.7. The molecule has 0 spiro atoms. The minimum absolute atomic E-state index is 0.0939. The van der Waals surface area contributed by atoms with Crippen molar-refractivity contribution in [3.05, 3.63) is 45.7 Å². The molecule has 0 radical (unpaired) electrons. The van der Waals surface area contributed by atoms with Gasteiger partial charge in [0, 0.05) is 22.6 Å². The Bertz CT molecular complexity index is 1080. The van der Waals surface area contributed by atoms with Crippen LogP contribution in [0, 0.1) is 5.92 Å². The standard InChI is InChI=1S/C24H31ClN2O4S/c1-12(2)16-8-9-18(25)20(13(3)4)21(16)26-23(28)27-32(30)19-11-17-22(31-19)14-6-7-15(10-14)24(17,5)29/h8-9,11-15,29H,6-7,10H2,1-5H3,(H2,26,27,28). The average molecular weight is 479 g/mol. The number of rotatable bonds is 5. The highest BCUT2D eigenvalue weighted by Gasteiger charge is 2.49. The lowest BCUT2D eigenvalue weighted by Crippen LogP contribution is -2.33. The maximum Gasteiger partial charge on any atom is 0.331 e. The van der Waals surface area contributed by atoms with Gasteiger partial charge in [0.25, 0.3) is 0 Å². The summed E-state index contributed by atoms with van der Waals surface area (Å²) in [5, 5.41) is 14.6. The Morgan fingerprint density at radius 1 is 1.25 bits per heavy atom. The Kier molecular flexibility index (Phi) is 6.20. The molecule has 8 heteroatoms. The van der Waals surface area contributed by atoms with Crippen molar-refractivity contribution in [1.82, 2.24) is 4.72 Å². The van der Waals surface area contributed by atoms with Gasteiger partial charge in [-0.3, -0.25) is 0 Å². The summed E-state index contributed by atoms with van der Waals surface area (Å²) < 4.78 is 21.3. The smallest absolute Gasteiger partial charge is 0.331 e. The first-order chi connectivity index (χ1) is 15.0. The predicted molar refractivity (Wildman–Crippen MR) is 127 cm³/mol. The number of urea groups is 1. The maximum absolute atomic E-state index is 12.9. The Balaban J connectivity index is 1.56. The van der Waals surface area contributed by atoms with E-state index in [4.69, 9.17) is 16.0 Å². The van der Waals surface area contributed by atoms with Gasteiger partial charge in [-0.05, 0) is 61.1 Å². The summed E-state index contributed by atoms with van der Waals surface area (Å²) in [4.78, 5) is 12.8. The second-order valence-electron chi connectivity index (χ2n) is 9.76. The highest BCUT2D eigenvalue weighted by Crippen LogP contribution is 2.54. The minimum atomic E-state index is -1.90. The third-order valence-corrected chi connectivity index (χ3v) is 8.18. The predicted octanol–water partition coefficient (Wildman–Crippen LogP) is 6.13. The fourth-order valence-electron chi connectivity index (χ4n) is 5.19. The van der Waals surface area contributed by atoms with Crippen LogP contribution in [0.5, 0.6) is 0 Å². The van der Waals surface area contributed by atoms with E-state index in [9.17, 15) is 14.1 Å². The third kappa shape index (κ3) is 3.99. The highest BCUT2D eigenvalue weighted by atomic mass is 35.5. The Hall–Kier alpha value is -1.83. The van der Waals surface area contributed by atoms with Gasteiger partial charge >= 0.3 is 6.03 Å². The van der Waals surface area contributed by atoms with E-state index in [-0.39, 0.29) is 28.8 Å². The molecular formula is C24H31ClN2O4S. The van der Waals surface area contributed by atoms with Crippen LogP contribution in [0.15, 0.2) is 27.7 Å². The number of furan rings is 1. The van der Waals surface area contributed by atoms with Crippen LogP contribution in [0.25, 0.3) is 0 Å². The molecule has 1 heterocycles. The van der Waals surface area contributed by atoms with E-state index in [0.717, 1.165) is 30.4 Å². The van der Waals surface area contributed by atoms with E-state index >= 15 is 0 Å². The summed E-state index contributed by atoms with van der Waals surface area (Å²) in [7, 11) is -1.90. The van der Waals surface area contributed by atoms with E-state index in [1.165, 1.54) is 0 Å². The fraction of sp³-hybridized carbons (Fsp3) is 0.542. The molecule has 174 valence electrons. The van der Waals surface area contributed by atoms with Crippen molar-refractivity contribution in [3.8, 4) is 0 Å². The van der Waals surface area contributed by atoms with Gasteiger partial charge in [0.2, 0.25) is 5.09 Å². The van der Waals surface area contributed by atoms with Crippen LogP contribution >= 0.6 is 11.6 Å². The van der Waals surface area contributed by atoms with E-state index in [1.54, 1.807) is 13.0 Å². The Labute approximate surface area is 196 Å². The number of carbonyl (C=O) groups is 1. The van der Waals surface area contributed by atoms with Crippen LogP contribution in [0.2, 0.25) is 5.02 Å². The minimum Gasteiger partial charge on any atom is -0.450 e. The van der Waals surface area contributed by atoms with E-state index < -0.39 is 22.6 Å². The van der Waals surface area contributed by atoms with Crippen molar-refractivity contribution >= 4 is 34.3 Å². The summed E-state index contributed by atoms with van der Waals surface area (Å²) in [6, 6.07) is 4.79. The molecule has 2 amide bonds. The van der Waals surface area contributed by atoms with Crippen molar-refractivity contribution in [3.63, 3.8) is 0 Å². The molecular weight excluding hydrogens is 448 g/mol. The van der Waals surface area contributed by atoms with Gasteiger partial charge in [0.05, 0.1) is 11.3 Å². The second kappa shape index (κ2) is 8.50. The molecule has 0 saturated heterocycles. The Morgan fingerprint density at radius 2 is 1.97 bits per heavy atom. The van der Waals surface area contributed by atoms with Crippen LogP contribution in [-0.4, -0.2) is 15.3 Å². The first-order valence-electron chi connectivity index (χ1n) is 11.2. The number of anilines is 1. The number of hydrogen-bond donors (Lipinski definition) is 3. The summed E-state index contributed by atoms with van der Waals surface area (Å²) in [5.41, 5.74) is 2.14. The van der Waals surface area contributed by atoms with Crippen molar-refractivity contribution in [2.24, 2.45) is 5.92 Å². The lowest BCUT2D eigenvalue weighted by atomic mass is 9.76. The van der Waals surface area contributed by atoms with Crippen LogP contribution in [0.4, 0.5) is 10.5 Å². The van der Waals surface area contributed by atoms with Crippen LogP contribution in [0.3, 0.4) is 0 Å². The molecule has 2 aliphatic carbocycles. The quantitative estimate of drug-likeness (QED) is 0.482. The third-order valence-electron chi connectivity index (χ3n) is 6.91. The number of benzene rings is 1. The van der Waals surface area contributed by atoms with Crippen molar-refractivity contribution in [2.45, 2.75) is 82.3 Å². The van der Waals surface area contributed by atoms with E-state index in [2.05, 4.69) is 10.0 Å². The van der Waals surface area contributed by atoms with Gasteiger partial charge in [-0.25, -0.2) is 13.7 Å². The van der Waals surface area contributed by atoms with E-state index in [1.807, 2.05) is 39.8 Å². The highest BCUT2D eigenvalue weighted by molar-refractivity contribution is 7.83. The maximum atomic E-state index is 12.9. The topological polar surface area (TPSA) is 91.6 Å². The molecule has 4 atom stereocenters. The number of halogens is 1. The van der Waals surface area contributed by atoms with Crippen molar-refractivity contribution < 1.29 is 18.5 Å². The number of nitrogens with one attached hydrogen (secondary N) is 2. The monoisotopic (exact) mass is 478 g/mol. The first-order valence-corrected chi connectivity index (χ1v) is 12.7. The van der Waals surface area contributed by atoms with E-state index in [0.29, 0.717) is 22.0 Å².